The first-order valence-electron chi connectivity index (χ1n) is 8.30. The minimum atomic E-state index is 0.527. The fourth-order valence-corrected chi connectivity index (χ4v) is 2.71. The first-order valence-corrected chi connectivity index (χ1v) is 8.30. The van der Waals surface area contributed by atoms with Crippen molar-refractivity contribution in [2.24, 2.45) is 0 Å². The quantitative estimate of drug-likeness (QED) is 0.793. The van der Waals surface area contributed by atoms with Crippen LogP contribution in [0.1, 0.15) is 69.3 Å². The molecule has 0 aliphatic carbocycles. The average Bonchev–Trinajstić information content (AvgIpc) is 3.00. The van der Waals surface area contributed by atoms with E-state index in [1.165, 1.54) is 17.0 Å². The highest BCUT2D eigenvalue weighted by atomic mass is 16.5. The second-order valence-electron chi connectivity index (χ2n) is 6.65. The lowest BCUT2D eigenvalue weighted by Gasteiger charge is -2.24. The van der Waals surface area contributed by atoms with Crippen LogP contribution in [0.15, 0.2) is 12.1 Å². The zero-order valence-electron chi connectivity index (χ0n) is 14.2. The van der Waals surface area contributed by atoms with Gasteiger partial charge in [0.1, 0.15) is 0 Å². The molecule has 2 unspecified atom stereocenters. The van der Waals surface area contributed by atoms with Crippen LogP contribution in [0.5, 0.6) is 0 Å². The van der Waals surface area contributed by atoms with E-state index < -0.39 is 0 Å². The summed E-state index contributed by atoms with van der Waals surface area (Å²) in [6.07, 6.45) is 2.26. The van der Waals surface area contributed by atoms with Crippen molar-refractivity contribution in [3.63, 3.8) is 0 Å². The molecule has 0 spiro atoms. The van der Waals surface area contributed by atoms with Gasteiger partial charge >= 0.3 is 0 Å². The molecule has 2 rings (SSSR count). The van der Waals surface area contributed by atoms with E-state index in [0.717, 1.165) is 32.6 Å². The predicted octanol–water partition coefficient (Wildman–Crippen LogP) is 3.94. The van der Waals surface area contributed by atoms with Gasteiger partial charge in [-0.25, -0.2) is 0 Å². The minimum Gasteiger partial charge on any atom is -0.381 e. The molecule has 0 bridgehead atoms. The number of hydrogen-bond acceptors (Lipinski definition) is 3. The Morgan fingerprint density at radius 1 is 1.33 bits per heavy atom. The van der Waals surface area contributed by atoms with Gasteiger partial charge in [0.25, 0.3) is 0 Å². The van der Waals surface area contributed by atoms with Gasteiger partial charge in [0, 0.05) is 30.8 Å². The van der Waals surface area contributed by atoms with Crippen molar-refractivity contribution in [1.82, 2.24) is 9.88 Å². The van der Waals surface area contributed by atoms with Crippen LogP contribution in [0.4, 0.5) is 0 Å². The Bertz CT molecular complexity index is 453. The number of ether oxygens (including phenoxy) is 1. The SMILES string of the molecule is CCC(C)c1ccc(C2CCOC2)c(CN(C)C(C)C)n1. The third-order valence-electron chi connectivity index (χ3n) is 4.80. The molecule has 1 aromatic rings. The van der Waals surface area contributed by atoms with Crippen LogP contribution in [0, 0.1) is 0 Å². The van der Waals surface area contributed by atoms with E-state index in [1.54, 1.807) is 0 Å². The van der Waals surface area contributed by atoms with Crippen molar-refractivity contribution in [1.29, 1.82) is 0 Å². The molecule has 118 valence electrons. The van der Waals surface area contributed by atoms with Gasteiger partial charge in [-0.3, -0.25) is 9.88 Å². The normalized spacial score (nSPS) is 20.4. The molecule has 0 amide bonds. The first kappa shape index (κ1) is 16.4. The van der Waals surface area contributed by atoms with E-state index >= 15 is 0 Å². The van der Waals surface area contributed by atoms with E-state index in [0.29, 0.717) is 17.9 Å². The lowest BCUT2D eigenvalue weighted by molar-refractivity contribution is 0.193. The summed E-state index contributed by atoms with van der Waals surface area (Å²) in [6.45, 7) is 11.6. The first-order chi connectivity index (χ1) is 10.0. The lowest BCUT2D eigenvalue weighted by Crippen LogP contribution is -2.27. The van der Waals surface area contributed by atoms with Gasteiger partial charge in [-0.2, -0.15) is 0 Å². The van der Waals surface area contributed by atoms with Crippen LogP contribution in [-0.4, -0.2) is 36.2 Å². The fraction of sp³-hybridized carbons (Fsp3) is 0.722. The van der Waals surface area contributed by atoms with E-state index in [9.17, 15) is 0 Å². The van der Waals surface area contributed by atoms with Gasteiger partial charge in [0.15, 0.2) is 0 Å². The molecule has 1 aromatic heterocycles. The Kier molecular flexibility index (Phi) is 5.77. The molecule has 0 radical (unpaired) electrons. The maximum atomic E-state index is 5.58. The predicted molar refractivity (Wildman–Crippen MR) is 87.7 cm³/mol. The summed E-state index contributed by atoms with van der Waals surface area (Å²) >= 11 is 0. The lowest BCUT2D eigenvalue weighted by atomic mass is 9.94. The van der Waals surface area contributed by atoms with Crippen LogP contribution in [0.25, 0.3) is 0 Å². The molecule has 1 aliphatic heterocycles. The molecule has 3 nitrogen and oxygen atoms in total. The van der Waals surface area contributed by atoms with Crippen molar-refractivity contribution in [3.05, 3.63) is 29.1 Å². The van der Waals surface area contributed by atoms with Crippen molar-refractivity contribution in [2.75, 3.05) is 20.3 Å². The van der Waals surface area contributed by atoms with E-state index in [4.69, 9.17) is 9.72 Å². The van der Waals surface area contributed by atoms with Crippen molar-refractivity contribution >= 4 is 0 Å². The van der Waals surface area contributed by atoms with Crippen LogP contribution in [0.2, 0.25) is 0 Å². The molecule has 2 heterocycles. The number of pyridine rings is 1. The highest BCUT2D eigenvalue weighted by Crippen LogP contribution is 2.29. The maximum absolute atomic E-state index is 5.58. The minimum absolute atomic E-state index is 0.527. The van der Waals surface area contributed by atoms with Gasteiger partial charge < -0.3 is 4.74 Å². The third-order valence-corrected chi connectivity index (χ3v) is 4.80. The fourth-order valence-electron chi connectivity index (χ4n) is 2.71. The topological polar surface area (TPSA) is 25.4 Å². The van der Waals surface area contributed by atoms with E-state index in [2.05, 4.69) is 51.8 Å². The van der Waals surface area contributed by atoms with Crippen LogP contribution in [0.3, 0.4) is 0 Å². The Hall–Kier alpha value is -0.930. The second-order valence-corrected chi connectivity index (χ2v) is 6.65. The van der Waals surface area contributed by atoms with Crippen molar-refractivity contribution in [3.8, 4) is 0 Å². The third kappa shape index (κ3) is 4.04. The molecule has 0 aromatic carbocycles. The van der Waals surface area contributed by atoms with Crippen LogP contribution >= 0.6 is 0 Å². The summed E-state index contributed by atoms with van der Waals surface area (Å²) in [7, 11) is 2.18. The molecular formula is C18H30N2O. The molecule has 1 fully saturated rings. The zero-order valence-corrected chi connectivity index (χ0v) is 14.2. The molecule has 21 heavy (non-hydrogen) atoms. The second kappa shape index (κ2) is 7.37. The highest BCUT2D eigenvalue weighted by molar-refractivity contribution is 5.29. The van der Waals surface area contributed by atoms with Gasteiger partial charge in [-0.15, -0.1) is 0 Å². The Morgan fingerprint density at radius 2 is 2.10 bits per heavy atom. The molecule has 0 N–H and O–H groups in total. The van der Waals surface area contributed by atoms with E-state index in [-0.39, 0.29) is 0 Å². The summed E-state index contributed by atoms with van der Waals surface area (Å²) < 4.78 is 5.58. The van der Waals surface area contributed by atoms with Gasteiger partial charge in [-0.05, 0) is 51.3 Å². The van der Waals surface area contributed by atoms with Gasteiger partial charge in [-0.1, -0.05) is 19.9 Å². The Balaban J connectivity index is 2.29. The van der Waals surface area contributed by atoms with E-state index in [1.807, 2.05) is 0 Å². The van der Waals surface area contributed by atoms with Crippen molar-refractivity contribution in [2.45, 2.75) is 65.0 Å². The summed E-state index contributed by atoms with van der Waals surface area (Å²) in [5.74, 6) is 1.06. The molecule has 1 aliphatic rings. The molecule has 1 saturated heterocycles. The number of nitrogens with zero attached hydrogens (tertiary/aromatic N) is 2. The Morgan fingerprint density at radius 3 is 2.67 bits per heavy atom. The smallest absolute Gasteiger partial charge is 0.0583 e. The maximum Gasteiger partial charge on any atom is 0.0583 e. The Labute approximate surface area is 129 Å². The molecule has 3 heteroatoms. The average molecular weight is 290 g/mol. The summed E-state index contributed by atoms with van der Waals surface area (Å²) in [5.41, 5.74) is 3.87. The molecule has 0 saturated carbocycles. The zero-order chi connectivity index (χ0) is 15.4. The highest BCUT2D eigenvalue weighted by Gasteiger charge is 2.23. The summed E-state index contributed by atoms with van der Waals surface area (Å²) in [6, 6.07) is 5.06. The molecule has 2 atom stereocenters. The van der Waals surface area contributed by atoms with Crippen molar-refractivity contribution < 1.29 is 4.74 Å². The molecular weight excluding hydrogens is 260 g/mol. The number of aromatic nitrogens is 1. The monoisotopic (exact) mass is 290 g/mol. The summed E-state index contributed by atoms with van der Waals surface area (Å²) in [4.78, 5) is 7.38. The standard InChI is InChI=1S/C18H30N2O/c1-6-14(4)17-8-7-16(15-9-10-21-12-15)18(19-17)11-20(5)13(2)3/h7-8,13-15H,6,9-12H2,1-5H3. The van der Waals surface area contributed by atoms with Gasteiger partial charge in [0.2, 0.25) is 0 Å². The van der Waals surface area contributed by atoms with Crippen LogP contribution < -0.4 is 0 Å². The van der Waals surface area contributed by atoms with Gasteiger partial charge in [0.05, 0.1) is 12.3 Å². The number of hydrogen-bond donors (Lipinski definition) is 0. The number of rotatable bonds is 6. The summed E-state index contributed by atoms with van der Waals surface area (Å²) in [5, 5.41) is 0. The van der Waals surface area contributed by atoms with Crippen LogP contribution in [-0.2, 0) is 11.3 Å². The largest absolute Gasteiger partial charge is 0.381 e.